The summed E-state index contributed by atoms with van der Waals surface area (Å²) in [5, 5.41) is 3.61. The highest BCUT2D eigenvalue weighted by atomic mass is 35.5. The molecule has 0 aromatic carbocycles. The molecule has 1 aromatic rings. The van der Waals surface area contributed by atoms with Crippen LogP contribution in [0.25, 0.3) is 0 Å². The van der Waals surface area contributed by atoms with Crippen LogP contribution >= 0.6 is 24.0 Å². The minimum atomic E-state index is 0. The molecule has 14 heavy (non-hydrogen) atoms. The second kappa shape index (κ2) is 5.34. The van der Waals surface area contributed by atoms with E-state index < -0.39 is 0 Å². The summed E-state index contributed by atoms with van der Waals surface area (Å²) < 4.78 is 5.49. The first-order valence-electron chi connectivity index (χ1n) is 4.20. The summed E-state index contributed by atoms with van der Waals surface area (Å²) in [5.74, 6) is 0. The molecule has 0 aliphatic carbocycles. The van der Waals surface area contributed by atoms with Gasteiger partial charge in [-0.1, -0.05) is 11.6 Å². The Kier molecular flexibility index (Phi) is 4.38. The fourth-order valence-corrected chi connectivity index (χ4v) is 1.38. The van der Waals surface area contributed by atoms with Gasteiger partial charge >= 0.3 is 6.01 Å². The van der Waals surface area contributed by atoms with Crippen LogP contribution in [0.15, 0.2) is 12.3 Å². The first-order chi connectivity index (χ1) is 6.34. The first kappa shape index (κ1) is 11.5. The van der Waals surface area contributed by atoms with Crippen molar-refractivity contribution >= 4 is 24.0 Å². The zero-order valence-corrected chi connectivity index (χ0v) is 9.01. The van der Waals surface area contributed by atoms with E-state index in [1.54, 1.807) is 12.3 Å². The number of nitrogens with one attached hydrogen (secondary N) is 1. The monoisotopic (exact) mass is 235 g/mol. The van der Waals surface area contributed by atoms with Crippen molar-refractivity contribution in [3.63, 3.8) is 0 Å². The highest BCUT2D eigenvalue weighted by Crippen LogP contribution is 2.11. The number of halogens is 2. The molecule has 0 bridgehead atoms. The van der Waals surface area contributed by atoms with E-state index in [1.165, 1.54) is 0 Å². The molecule has 1 N–H and O–H groups in total. The number of aromatic nitrogens is 2. The average molecular weight is 236 g/mol. The number of hydrogen-bond donors (Lipinski definition) is 1. The minimum Gasteiger partial charge on any atom is -0.459 e. The standard InChI is InChI=1S/C8H10ClN3O.ClH/c9-7-2-4-11-8(12-7)13-6-1-3-10-5-6;/h2,4,6,10H,1,3,5H2;1H/t6-;/m1./s1. The molecule has 4 nitrogen and oxygen atoms in total. The number of hydrogen-bond acceptors (Lipinski definition) is 4. The molecule has 6 heteroatoms. The molecule has 1 aromatic heterocycles. The van der Waals surface area contributed by atoms with Crippen molar-refractivity contribution in [3.05, 3.63) is 17.4 Å². The van der Waals surface area contributed by atoms with Gasteiger partial charge in [-0.05, 0) is 19.0 Å². The van der Waals surface area contributed by atoms with E-state index >= 15 is 0 Å². The summed E-state index contributed by atoms with van der Waals surface area (Å²) in [5.41, 5.74) is 0. The Labute approximate surface area is 93.4 Å². The highest BCUT2D eigenvalue weighted by molar-refractivity contribution is 6.29. The summed E-state index contributed by atoms with van der Waals surface area (Å²) in [6.07, 6.45) is 2.77. The molecule has 78 valence electrons. The SMILES string of the molecule is Cl.Clc1ccnc(O[C@@H]2CCNC2)n1. The van der Waals surface area contributed by atoms with Crippen LogP contribution in [0.4, 0.5) is 0 Å². The van der Waals surface area contributed by atoms with Crippen molar-refractivity contribution in [2.75, 3.05) is 13.1 Å². The maximum absolute atomic E-state index is 5.68. The zero-order valence-electron chi connectivity index (χ0n) is 7.44. The lowest BCUT2D eigenvalue weighted by molar-refractivity contribution is 0.204. The molecule has 0 unspecified atom stereocenters. The second-order valence-electron chi connectivity index (χ2n) is 2.89. The van der Waals surface area contributed by atoms with E-state index in [0.29, 0.717) is 11.2 Å². The summed E-state index contributed by atoms with van der Waals surface area (Å²) in [7, 11) is 0. The lowest BCUT2D eigenvalue weighted by atomic mass is 10.3. The largest absolute Gasteiger partial charge is 0.459 e. The normalized spacial score (nSPS) is 20.2. The van der Waals surface area contributed by atoms with Gasteiger partial charge in [-0.15, -0.1) is 12.4 Å². The summed E-state index contributed by atoms with van der Waals surface area (Å²) >= 11 is 5.68. The van der Waals surface area contributed by atoms with Crippen LogP contribution in [0.3, 0.4) is 0 Å². The van der Waals surface area contributed by atoms with Gasteiger partial charge in [0.2, 0.25) is 0 Å². The van der Waals surface area contributed by atoms with Gasteiger partial charge in [0.25, 0.3) is 0 Å². The van der Waals surface area contributed by atoms with Crippen molar-refractivity contribution in [1.29, 1.82) is 0 Å². The Hall–Kier alpha value is -0.580. The van der Waals surface area contributed by atoms with Crippen molar-refractivity contribution < 1.29 is 4.74 Å². The highest BCUT2D eigenvalue weighted by Gasteiger charge is 2.16. The third kappa shape index (κ3) is 2.97. The Bertz CT molecular complexity index is 292. The average Bonchev–Trinajstić information content (AvgIpc) is 2.57. The van der Waals surface area contributed by atoms with Crippen molar-refractivity contribution in [1.82, 2.24) is 15.3 Å². The van der Waals surface area contributed by atoms with E-state index in [1.807, 2.05) is 0 Å². The van der Waals surface area contributed by atoms with Crippen molar-refractivity contribution in [2.24, 2.45) is 0 Å². The summed E-state index contributed by atoms with van der Waals surface area (Å²) in [6, 6.07) is 1.99. The van der Waals surface area contributed by atoms with Gasteiger partial charge < -0.3 is 10.1 Å². The fourth-order valence-electron chi connectivity index (χ4n) is 1.25. The Morgan fingerprint density at radius 2 is 2.43 bits per heavy atom. The second-order valence-corrected chi connectivity index (χ2v) is 3.28. The van der Waals surface area contributed by atoms with Crippen molar-refractivity contribution in [3.8, 4) is 6.01 Å². The van der Waals surface area contributed by atoms with Crippen LogP contribution < -0.4 is 10.1 Å². The third-order valence-corrected chi connectivity index (χ3v) is 2.10. The molecule has 0 spiro atoms. The molecule has 1 aliphatic heterocycles. The summed E-state index contributed by atoms with van der Waals surface area (Å²) in [4.78, 5) is 7.90. The van der Waals surface area contributed by atoms with E-state index in [0.717, 1.165) is 19.5 Å². The van der Waals surface area contributed by atoms with Crippen LogP contribution in [0.5, 0.6) is 6.01 Å². The van der Waals surface area contributed by atoms with E-state index in [9.17, 15) is 0 Å². The maximum Gasteiger partial charge on any atom is 0.318 e. The van der Waals surface area contributed by atoms with Gasteiger partial charge in [0, 0.05) is 12.7 Å². The number of ether oxygens (including phenoxy) is 1. The van der Waals surface area contributed by atoms with Crippen molar-refractivity contribution in [2.45, 2.75) is 12.5 Å². The smallest absolute Gasteiger partial charge is 0.318 e. The topological polar surface area (TPSA) is 47.0 Å². The Morgan fingerprint density at radius 1 is 1.57 bits per heavy atom. The lowest BCUT2D eigenvalue weighted by Crippen LogP contribution is -2.20. The molecule has 1 fully saturated rings. The molecule has 2 rings (SSSR count). The summed E-state index contributed by atoms with van der Waals surface area (Å²) in [6.45, 7) is 1.85. The minimum absolute atomic E-state index is 0. The molecule has 0 radical (unpaired) electrons. The van der Waals surface area contributed by atoms with Crippen LogP contribution in [-0.2, 0) is 0 Å². The van der Waals surface area contributed by atoms with Crippen LogP contribution in [0.1, 0.15) is 6.42 Å². The quantitative estimate of drug-likeness (QED) is 0.786. The van der Waals surface area contributed by atoms with Gasteiger partial charge in [-0.25, -0.2) is 4.98 Å². The molecule has 1 aliphatic rings. The first-order valence-corrected chi connectivity index (χ1v) is 4.58. The van der Waals surface area contributed by atoms with E-state index in [2.05, 4.69) is 15.3 Å². The van der Waals surface area contributed by atoms with Gasteiger partial charge in [-0.3, -0.25) is 0 Å². The molecule has 0 saturated carbocycles. The molecule has 1 saturated heterocycles. The molecular formula is C8H11Cl2N3O. The number of nitrogens with zero attached hydrogens (tertiary/aromatic N) is 2. The third-order valence-electron chi connectivity index (χ3n) is 1.89. The molecule has 2 heterocycles. The van der Waals surface area contributed by atoms with Crippen LogP contribution in [0, 0.1) is 0 Å². The maximum atomic E-state index is 5.68. The van der Waals surface area contributed by atoms with Gasteiger partial charge in [0.15, 0.2) is 0 Å². The predicted octanol–water partition coefficient (Wildman–Crippen LogP) is 1.29. The van der Waals surface area contributed by atoms with E-state index in [4.69, 9.17) is 16.3 Å². The van der Waals surface area contributed by atoms with Gasteiger partial charge in [0.1, 0.15) is 11.3 Å². The molecular weight excluding hydrogens is 225 g/mol. The molecule has 1 atom stereocenters. The zero-order chi connectivity index (χ0) is 9.10. The van der Waals surface area contributed by atoms with E-state index in [-0.39, 0.29) is 18.5 Å². The lowest BCUT2D eigenvalue weighted by Gasteiger charge is -2.09. The van der Waals surface area contributed by atoms with Gasteiger partial charge in [-0.2, -0.15) is 4.98 Å². The Balaban J connectivity index is 0.000000980. The fraction of sp³-hybridized carbons (Fsp3) is 0.500. The molecule has 0 amide bonds. The Morgan fingerprint density at radius 3 is 3.07 bits per heavy atom. The van der Waals surface area contributed by atoms with Crippen LogP contribution in [-0.4, -0.2) is 29.2 Å². The predicted molar refractivity (Wildman–Crippen MR) is 56.2 cm³/mol. The van der Waals surface area contributed by atoms with Crippen LogP contribution in [0.2, 0.25) is 5.15 Å². The number of rotatable bonds is 2. The van der Waals surface area contributed by atoms with Gasteiger partial charge in [0.05, 0.1) is 0 Å².